The molecule has 2 rings (SSSR count). The van der Waals surface area contributed by atoms with Crippen LogP contribution >= 0.6 is 22.6 Å². The molecule has 0 spiro atoms. The number of nitrogens with zero attached hydrogens (tertiary/aromatic N) is 2. The smallest absolute Gasteiger partial charge is 0.254 e. The van der Waals surface area contributed by atoms with Gasteiger partial charge in [0.2, 0.25) is 0 Å². The zero-order valence-electron chi connectivity index (χ0n) is 10.4. The van der Waals surface area contributed by atoms with Gasteiger partial charge < -0.3 is 15.8 Å². The van der Waals surface area contributed by atoms with Crippen LogP contribution in [0.3, 0.4) is 0 Å². The summed E-state index contributed by atoms with van der Waals surface area (Å²) in [5.41, 5.74) is 6.15. The van der Waals surface area contributed by atoms with E-state index in [9.17, 15) is 4.79 Å². The third-order valence-electron chi connectivity index (χ3n) is 3.08. The number of oxime groups is 1. The predicted molar refractivity (Wildman–Crippen MR) is 81.2 cm³/mol. The van der Waals surface area contributed by atoms with Crippen LogP contribution in [-0.2, 0) is 0 Å². The maximum Gasteiger partial charge on any atom is 0.254 e. The first-order valence-corrected chi connectivity index (χ1v) is 7.22. The van der Waals surface area contributed by atoms with Crippen molar-refractivity contribution in [2.24, 2.45) is 10.9 Å². The molecule has 0 saturated heterocycles. The van der Waals surface area contributed by atoms with Gasteiger partial charge in [-0.25, -0.2) is 0 Å². The molecule has 6 heteroatoms. The molecule has 0 radical (unpaired) electrons. The Kier molecular flexibility index (Phi) is 4.62. The topological polar surface area (TPSA) is 78.9 Å². The molecule has 1 aliphatic rings. The summed E-state index contributed by atoms with van der Waals surface area (Å²) in [6.45, 7) is 0.491. The Balaban J connectivity index is 2.06. The van der Waals surface area contributed by atoms with E-state index in [0.717, 1.165) is 16.4 Å². The molecule has 1 amide bonds. The minimum absolute atomic E-state index is 0.0182. The number of rotatable bonds is 5. The maximum atomic E-state index is 12.4. The van der Waals surface area contributed by atoms with Crippen LogP contribution in [0, 0.1) is 3.57 Å². The highest BCUT2D eigenvalue weighted by atomic mass is 127. The molecule has 0 unspecified atom stereocenters. The fraction of sp³-hybridized carbons (Fsp3) is 0.385. The average molecular weight is 373 g/mol. The number of nitrogens with two attached hydrogens (primary N) is 1. The van der Waals surface area contributed by atoms with Crippen molar-refractivity contribution >= 4 is 34.3 Å². The standard InChI is InChI=1S/C13H16IN3O2/c14-10-3-1-9(2-4-10)13(18)17(11-5-6-11)8-7-12(15)16-19/h1-4,11,19H,5-8H2,(H2,15,16). The minimum Gasteiger partial charge on any atom is -0.409 e. The van der Waals surface area contributed by atoms with Gasteiger partial charge >= 0.3 is 0 Å². The van der Waals surface area contributed by atoms with E-state index in [1.165, 1.54) is 0 Å². The van der Waals surface area contributed by atoms with Crippen LogP contribution in [0.2, 0.25) is 0 Å². The third-order valence-corrected chi connectivity index (χ3v) is 3.80. The third kappa shape index (κ3) is 3.82. The van der Waals surface area contributed by atoms with Crippen molar-refractivity contribution in [2.45, 2.75) is 25.3 Å². The van der Waals surface area contributed by atoms with Crippen LogP contribution < -0.4 is 5.73 Å². The van der Waals surface area contributed by atoms with Gasteiger partial charge in [0, 0.05) is 28.1 Å². The number of amides is 1. The second kappa shape index (κ2) is 6.23. The first kappa shape index (κ1) is 14.1. The zero-order valence-corrected chi connectivity index (χ0v) is 12.6. The normalized spacial score (nSPS) is 15.3. The van der Waals surface area contributed by atoms with E-state index >= 15 is 0 Å². The van der Waals surface area contributed by atoms with Crippen molar-refractivity contribution in [3.63, 3.8) is 0 Å². The summed E-state index contributed by atoms with van der Waals surface area (Å²) >= 11 is 2.21. The molecule has 5 nitrogen and oxygen atoms in total. The molecule has 0 bridgehead atoms. The Morgan fingerprint density at radius 3 is 2.58 bits per heavy atom. The van der Waals surface area contributed by atoms with Crippen molar-refractivity contribution < 1.29 is 10.0 Å². The van der Waals surface area contributed by atoms with Gasteiger partial charge in [-0.2, -0.15) is 0 Å². The lowest BCUT2D eigenvalue weighted by Crippen LogP contribution is -2.35. The van der Waals surface area contributed by atoms with Gasteiger partial charge in [0.05, 0.1) is 0 Å². The van der Waals surface area contributed by atoms with E-state index in [1.807, 2.05) is 29.2 Å². The van der Waals surface area contributed by atoms with Gasteiger partial charge in [0.15, 0.2) is 0 Å². The number of hydrogen-bond acceptors (Lipinski definition) is 3. The molecule has 0 aromatic heterocycles. The van der Waals surface area contributed by atoms with E-state index in [4.69, 9.17) is 10.9 Å². The Morgan fingerprint density at radius 2 is 2.05 bits per heavy atom. The molecule has 0 heterocycles. The van der Waals surface area contributed by atoms with Crippen LogP contribution in [0.1, 0.15) is 29.6 Å². The highest BCUT2D eigenvalue weighted by molar-refractivity contribution is 14.1. The summed E-state index contributed by atoms with van der Waals surface area (Å²) in [6.07, 6.45) is 2.46. The summed E-state index contributed by atoms with van der Waals surface area (Å²) in [6, 6.07) is 7.81. The minimum atomic E-state index is 0.0182. The van der Waals surface area contributed by atoms with E-state index in [-0.39, 0.29) is 11.7 Å². The van der Waals surface area contributed by atoms with E-state index in [2.05, 4.69) is 27.7 Å². The quantitative estimate of drug-likeness (QED) is 0.273. The lowest BCUT2D eigenvalue weighted by atomic mass is 10.2. The number of carbonyl (C=O) groups excluding carboxylic acids is 1. The number of halogens is 1. The highest BCUT2D eigenvalue weighted by Crippen LogP contribution is 2.28. The zero-order chi connectivity index (χ0) is 13.8. The summed E-state index contributed by atoms with van der Waals surface area (Å²) in [7, 11) is 0. The van der Waals surface area contributed by atoms with Crippen molar-refractivity contribution in [3.8, 4) is 0 Å². The second-order valence-corrected chi connectivity index (χ2v) is 5.82. The van der Waals surface area contributed by atoms with Crippen molar-refractivity contribution in [2.75, 3.05) is 6.54 Å². The molecule has 1 aromatic rings. The Labute approximate surface area is 125 Å². The Bertz CT molecular complexity index is 483. The molecule has 1 aromatic carbocycles. The summed E-state index contributed by atoms with van der Waals surface area (Å²) in [5.74, 6) is 0.172. The molecular weight excluding hydrogens is 357 g/mol. The fourth-order valence-electron chi connectivity index (χ4n) is 1.88. The molecule has 0 atom stereocenters. The average Bonchev–Trinajstić information content (AvgIpc) is 3.24. The number of hydrogen-bond donors (Lipinski definition) is 2. The van der Waals surface area contributed by atoms with Crippen molar-refractivity contribution in [1.29, 1.82) is 0 Å². The molecule has 3 N–H and O–H groups in total. The van der Waals surface area contributed by atoms with Gasteiger partial charge in [-0.15, -0.1) is 0 Å². The van der Waals surface area contributed by atoms with Crippen LogP contribution in [0.4, 0.5) is 0 Å². The molecule has 0 aliphatic heterocycles. The van der Waals surface area contributed by atoms with Gasteiger partial charge in [0.25, 0.3) is 5.91 Å². The predicted octanol–water partition coefficient (Wildman–Crippen LogP) is 2.03. The number of carbonyl (C=O) groups is 1. The first-order valence-electron chi connectivity index (χ1n) is 6.14. The lowest BCUT2D eigenvalue weighted by molar-refractivity contribution is 0.0747. The van der Waals surface area contributed by atoms with Gasteiger partial charge in [0.1, 0.15) is 5.84 Å². The molecule has 19 heavy (non-hydrogen) atoms. The fourth-order valence-corrected chi connectivity index (χ4v) is 2.24. The monoisotopic (exact) mass is 373 g/mol. The molecule has 1 fully saturated rings. The van der Waals surface area contributed by atoms with Crippen LogP contribution in [0.25, 0.3) is 0 Å². The van der Waals surface area contributed by atoms with Gasteiger partial charge in [-0.3, -0.25) is 4.79 Å². The Morgan fingerprint density at radius 1 is 1.42 bits per heavy atom. The molecular formula is C13H16IN3O2. The van der Waals surface area contributed by atoms with E-state index in [0.29, 0.717) is 24.6 Å². The lowest BCUT2D eigenvalue weighted by Gasteiger charge is -2.22. The molecule has 1 aliphatic carbocycles. The molecule has 102 valence electrons. The van der Waals surface area contributed by atoms with Gasteiger partial charge in [-0.1, -0.05) is 5.16 Å². The van der Waals surface area contributed by atoms with Crippen LogP contribution in [0.15, 0.2) is 29.4 Å². The second-order valence-electron chi connectivity index (χ2n) is 4.58. The first-order chi connectivity index (χ1) is 9.11. The van der Waals surface area contributed by atoms with Crippen LogP contribution in [-0.4, -0.2) is 34.4 Å². The number of amidine groups is 1. The summed E-state index contributed by atoms with van der Waals surface area (Å²) in [5, 5.41) is 11.5. The SMILES string of the molecule is NC(CCN(C(=O)c1ccc(I)cc1)C1CC1)=NO. The Hall–Kier alpha value is -1.31. The highest BCUT2D eigenvalue weighted by Gasteiger charge is 2.32. The maximum absolute atomic E-state index is 12.4. The molecule has 1 saturated carbocycles. The summed E-state index contributed by atoms with van der Waals surface area (Å²) < 4.78 is 1.10. The summed E-state index contributed by atoms with van der Waals surface area (Å²) in [4.78, 5) is 14.2. The van der Waals surface area contributed by atoms with Crippen molar-refractivity contribution in [1.82, 2.24) is 4.90 Å². The van der Waals surface area contributed by atoms with E-state index in [1.54, 1.807) is 0 Å². The van der Waals surface area contributed by atoms with Crippen molar-refractivity contribution in [3.05, 3.63) is 33.4 Å². The van der Waals surface area contributed by atoms with Crippen LogP contribution in [0.5, 0.6) is 0 Å². The van der Waals surface area contributed by atoms with Gasteiger partial charge in [-0.05, 0) is 59.7 Å². The van der Waals surface area contributed by atoms with E-state index < -0.39 is 0 Å². The number of benzene rings is 1. The largest absolute Gasteiger partial charge is 0.409 e.